The molecular formula is C25H26N4O4. The number of benzene rings is 2. The average Bonchev–Trinajstić information content (AvgIpc) is 3.33. The highest BCUT2D eigenvalue weighted by molar-refractivity contribution is 5.76. The fourth-order valence-corrected chi connectivity index (χ4v) is 4.15. The number of hydrogen-bond acceptors (Lipinski definition) is 6. The molecule has 5 rings (SSSR count). The minimum atomic E-state index is -0.297. The zero-order valence-electron chi connectivity index (χ0n) is 18.4. The summed E-state index contributed by atoms with van der Waals surface area (Å²) in [6, 6.07) is 19.0. The lowest BCUT2D eigenvalue weighted by Gasteiger charge is -2.34. The molecule has 0 atom stereocenters. The number of fused-ring (bicyclic) bond motifs is 1. The van der Waals surface area contributed by atoms with E-state index in [0.29, 0.717) is 30.3 Å². The molecule has 8 heteroatoms. The van der Waals surface area contributed by atoms with Gasteiger partial charge in [-0.2, -0.15) is 5.10 Å². The van der Waals surface area contributed by atoms with Crippen molar-refractivity contribution in [1.29, 1.82) is 0 Å². The van der Waals surface area contributed by atoms with Crippen LogP contribution < -0.4 is 15.0 Å². The van der Waals surface area contributed by atoms with Crippen LogP contribution in [0.3, 0.4) is 0 Å². The molecule has 1 aromatic heterocycles. The van der Waals surface area contributed by atoms with Gasteiger partial charge in [0.05, 0.1) is 5.69 Å². The maximum atomic E-state index is 12.9. The number of ether oxygens (including phenoxy) is 2. The maximum absolute atomic E-state index is 12.9. The monoisotopic (exact) mass is 446 g/mol. The second-order valence-electron chi connectivity index (χ2n) is 8.24. The lowest BCUT2D eigenvalue weighted by atomic mass is 10.1. The number of piperazine rings is 1. The van der Waals surface area contributed by atoms with Crippen LogP contribution in [0.5, 0.6) is 11.5 Å². The van der Waals surface area contributed by atoms with Gasteiger partial charge in [-0.1, -0.05) is 30.3 Å². The van der Waals surface area contributed by atoms with Crippen LogP contribution in [0.1, 0.15) is 5.56 Å². The molecule has 3 aromatic rings. The highest BCUT2D eigenvalue weighted by Gasteiger charge is 2.22. The van der Waals surface area contributed by atoms with Crippen molar-refractivity contribution in [3.63, 3.8) is 0 Å². The molecule has 2 aliphatic heterocycles. The Morgan fingerprint density at radius 1 is 0.909 bits per heavy atom. The standard InChI is InChI=1S/C25H26N4O4/c30-24-9-7-21(20-6-8-22-23(16-20)33-18-32-22)26-29(24)17-25(31)28-14-12-27(13-15-28)11-10-19-4-2-1-3-5-19/h1-9,16H,10-15,17-18H2. The van der Waals surface area contributed by atoms with Crippen LogP contribution in [0.4, 0.5) is 0 Å². The van der Waals surface area contributed by atoms with E-state index >= 15 is 0 Å². The summed E-state index contributed by atoms with van der Waals surface area (Å²) in [5.41, 5.74) is 2.43. The van der Waals surface area contributed by atoms with Gasteiger partial charge in [-0.05, 0) is 36.2 Å². The van der Waals surface area contributed by atoms with Crippen molar-refractivity contribution < 1.29 is 14.3 Å². The van der Waals surface area contributed by atoms with E-state index in [0.717, 1.165) is 31.6 Å². The second-order valence-corrected chi connectivity index (χ2v) is 8.24. The first-order chi connectivity index (χ1) is 16.2. The number of rotatable bonds is 6. The van der Waals surface area contributed by atoms with Gasteiger partial charge < -0.3 is 14.4 Å². The maximum Gasteiger partial charge on any atom is 0.267 e. The molecule has 2 aliphatic rings. The Hall–Kier alpha value is -3.65. The molecule has 8 nitrogen and oxygen atoms in total. The molecule has 1 fully saturated rings. The molecule has 0 unspecified atom stereocenters. The Morgan fingerprint density at radius 3 is 2.52 bits per heavy atom. The Morgan fingerprint density at radius 2 is 1.70 bits per heavy atom. The summed E-state index contributed by atoms with van der Waals surface area (Å²) in [6.45, 7) is 4.08. The van der Waals surface area contributed by atoms with E-state index in [9.17, 15) is 9.59 Å². The van der Waals surface area contributed by atoms with Crippen molar-refractivity contribution in [2.24, 2.45) is 0 Å². The van der Waals surface area contributed by atoms with E-state index in [-0.39, 0.29) is 24.8 Å². The summed E-state index contributed by atoms with van der Waals surface area (Å²) in [7, 11) is 0. The molecule has 0 spiro atoms. The lowest BCUT2D eigenvalue weighted by Crippen LogP contribution is -2.50. The quantitative estimate of drug-likeness (QED) is 0.577. The van der Waals surface area contributed by atoms with Gasteiger partial charge in [-0.15, -0.1) is 0 Å². The van der Waals surface area contributed by atoms with Gasteiger partial charge in [0.25, 0.3) is 5.56 Å². The number of nitrogens with zero attached hydrogens (tertiary/aromatic N) is 4. The predicted molar refractivity (Wildman–Crippen MR) is 123 cm³/mol. The zero-order chi connectivity index (χ0) is 22.6. The lowest BCUT2D eigenvalue weighted by molar-refractivity contribution is -0.133. The molecule has 3 heterocycles. The molecule has 170 valence electrons. The van der Waals surface area contributed by atoms with Crippen LogP contribution in [0.25, 0.3) is 11.3 Å². The van der Waals surface area contributed by atoms with Crippen molar-refractivity contribution in [1.82, 2.24) is 19.6 Å². The normalized spacial score (nSPS) is 15.6. The summed E-state index contributed by atoms with van der Waals surface area (Å²) >= 11 is 0. The van der Waals surface area contributed by atoms with E-state index in [1.54, 1.807) is 6.07 Å². The van der Waals surface area contributed by atoms with Crippen molar-refractivity contribution in [2.75, 3.05) is 39.5 Å². The van der Waals surface area contributed by atoms with E-state index in [1.807, 2.05) is 29.2 Å². The molecule has 0 saturated carbocycles. The molecule has 0 bridgehead atoms. The van der Waals surface area contributed by atoms with Gasteiger partial charge in [0.1, 0.15) is 6.54 Å². The smallest absolute Gasteiger partial charge is 0.267 e. The Bertz CT molecular complexity index is 1190. The third kappa shape index (κ3) is 4.90. The third-order valence-corrected chi connectivity index (χ3v) is 6.10. The first kappa shape index (κ1) is 21.2. The molecule has 0 radical (unpaired) electrons. The van der Waals surface area contributed by atoms with Gasteiger partial charge >= 0.3 is 0 Å². The van der Waals surface area contributed by atoms with Crippen LogP contribution in [0.2, 0.25) is 0 Å². The fourth-order valence-electron chi connectivity index (χ4n) is 4.15. The molecule has 1 amide bonds. The summed E-state index contributed by atoms with van der Waals surface area (Å²) in [5, 5.41) is 4.43. The molecular weight excluding hydrogens is 420 g/mol. The van der Waals surface area contributed by atoms with Crippen LogP contribution in [-0.4, -0.2) is 65.0 Å². The Balaban J connectivity index is 1.19. The van der Waals surface area contributed by atoms with Crippen LogP contribution >= 0.6 is 0 Å². The van der Waals surface area contributed by atoms with Crippen LogP contribution in [-0.2, 0) is 17.8 Å². The summed E-state index contributed by atoms with van der Waals surface area (Å²) in [6.07, 6.45) is 1.00. The Kier molecular flexibility index (Phi) is 6.08. The minimum Gasteiger partial charge on any atom is -0.454 e. The van der Waals surface area contributed by atoms with Crippen molar-refractivity contribution in [2.45, 2.75) is 13.0 Å². The minimum absolute atomic E-state index is 0.0682. The fraction of sp³-hybridized carbons (Fsp3) is 0.320. The number of aromatic nitrogens is 2. The van der Waals surface area contributed by atoms with Crippen LogP contribution in [0.15, 0.2) is 65.5 Å². The summed E-state index contributed by atoms with van der Waals surface area (Å²) in [5.74, 6) is 1.24. The first-order valence-corrected chi connectivity index (χ1v) is 11.2. The number of hydrogen-bond donors (Lipinski definition) is 0. The number of carbonyl (C=O) groups excluding carboxylic acids is 1. The van der Waals surface area contributed by atoms with Crippen molar-refractivity contribution >= 4 is 5.91 Å². The van der Waals surface area contributed by atoms with Gasteiger partial charge in [0.2, 0.25) is 12.7 Å². The molecule has 1 saturated heterocycles. The molecule has 33 heavy (non-hydrogen) atoms. The molecule has 0 aliphatic carbocycles. The Labute approximate surface area is 192 Å². The third-order valence-electron chi connectivity index (χ3n) is 6.10. The SMILES string of the molecule is O=C(Cn1nc(-c2ccc3c(c2)OCO3)ccc1=O)N1CCN(CCc2ccccc2)CC1. The average molecular weight is 447 g/mol. The highest BCUT2D eigenvalue weighted by atomic mass is 16.7. The van der Waals surface area contributed by atoms with E-state index < -0.39 is 0 Å². The van der Waals surface area contributed by atoms with E-state index in [4.69, 9.17) is 9.47 Å². The summed E-state index contributed by atoms with van der Waals surface area (Å²) < 4.78 is 12.0. The van der Waals surface area contributed by atoms with Gasteiger partial charge in [0, 0.05) is 44.4 Å². The van der Waals surface area contributed by atoms with E-state index in [2.05, 4.69) is 34.3 Å². The topological polar surface area (TPSA) is 76.9 Å². The predicted octanol–water partition coefficient (Wildman–Crippen LogP) is 2.03. The van der Waals surface area contributed by atoms with Gasteiger partial charge in [0.15, 0.2) is 11.5 Å². The first-order valence-electron chi connectivity index (χ1n) is 11.2. The number of carbonyl (C=O) groups is 1. The van der Waals surface area contributed by atoms with E-state index in [1.165, 1.54) is 16.3 Å². The second kappa shape index (κ2) is 9.46. The molecule has 2 aromatic carbocycles. The zero-order valence-corrected chi connectivity index (χ0v) is 18.4. The van der Waals surface area contributed by atoms with Crippen molar-refractivity contribution in [3.05, 3.63) is 76.6 Å². The van der Waals surface area contributed by atoms with Gasteiger partial charge in [-0.3, -0.25) is 14.5 Å². The van der Waals surface area contributed by atoms with Gasteiger partial charge in [-0.25, -0.2) is 4.68 Å². The number of amides is 1. The summed E-state index contributed by atoms with van der Waals surface area (Å²) in [4.78, 5) is 29.4. The highest BCUT2D eigenvalue weighted by Crippen LogP contribution is 2.35. The van der Waals surface area contributed by atoms with Crippen LogP contribution in [0, 0.1) is 0 Å². The molecule has 0 N–H and O–H groups in total. The van der Waals surface area contributed by atoms with Crippen molar-refractivity contribution in [3.8, 4) is 22.8 Å². The largest absolute Gasteiger partial charge is 0.454 e.